The Bertz CT molecular complexity index is 1020. The third-order valence-corrected chi connectivity index (χ3v) is 7.11. The molecule has 3 atom stereocenters. The highest BCUT2D eigenvalue weighted by atomic mass is 16.5. The number of likely N-dealkylation sites (N-methyl/N-ethyl adjacent to an activating group) is 1. The maximum absolute atomic E-state index is 5.33. The second-order valence-corrected chi connectivity index (χ2v) is 8.78. The Morgan fingerprint density at radius 3 is 2.64 bits per heavy atom. The van der Waals surface area contributed by atoms with Gasteiger partial charge >= 0.3 is 0 Å². The topological polar surface area (TPSA) is 17.4 Å². The van der Waals surface area contributed by atoms with Gasteiger partial charge in [0.1, 0.15) is 5.75 Å². The molecule has 5 rings (SSSR count). The number of aryl methyl sites for hydroxylation is 1. The molecule has 3 nitrogen and oxygen atoms in total. The third kappa shape index (κ3) is 2.68. The van der Waals surface area contributed by atoms with E-state index in [4.69, 9.17) is 4.74 Å². The molecule has 3 unspecified atom stereocenters. The van der Waals surface area contributed by atoms with E-state index in [0.29, 0.717) is 18.0 Å². The van der Waals surface area contributed by atoms with Crippen molar-refractivity contribution < 1.29 is 4.74 Å². The molecule has 2 aliphatic rings. The molecule has 0 radical (unpaired) electrons. The van der Waals surface area contributed by atoms with E-state index in [1.807, 2.05) is 0 Å². The second kappa shape index (κ2) is 6.66. The van der Waals surface area contributed by atoms with Crippen LogP contribution in [0.25, 0.3) is 10.9 Å². The van der Waals surface area contributed by atoms with Crippen molar-refractivity contribution in [2.75, 3.05) is 14.2 Å². The highest BCUT2D eigenvalue weighted by Gasteiger charge is 2.40. The summed E-state index contributed by atoms with van der Waals surface area (Å²) in [7, 11) is 4.05. The van der Waals surface area contributed by atoms with Crippen molar-refractivity contribution in [2.24, 2.45) is 0 Å². The fourth-order valence-corrected chi connectivity index (χ4v) is 5.49. The minimum Gasteiger partial charge on any atom is -0.497 e. The summed E-state index contributed by atoms with van der Waals surface area (Å²) in [4.78, 5) is 2.63. The van der Waals surface area contributed by atoms with Crippen molar-refractivity contribution in [3.8, 4) is 5.75 Å². The zero-order chi connectivity index (χ0) is 19.4. The zero-order valence-electron chi connectivity index (χ0n) is 17.4. The van der Waals surface area contributed by atoms with Crippen molar-refractivity contribution in [3.63, 3.8) is 0 Å². The number of ether oxygens (including phenoxy) is 1. The van der Waals surface area contributed by atoms with Crippen LogP contribution in [0.2, 0.25) is 0 Å². The number of rotatable bonds is 4. The molecule has 3 heteroatoms. The Morgan fingerprint density at radius 1 is 1.11 bits per heavy atom. The smallest absolute Gasteiger partial charge is 0.118 e. The Balaban J connectivity index is 1.59. The zero-order valence-corrected chi connectivity index (χ0v) is 17.4. The molecule has 2 aliphatic heterocycles. The van der Waals surface area contributed by atoms with Gasteiger partial charge in [0, 0.05) is 41.6 Å². The van der Waals surface area contributed by atoms with Gasteiger partial charge in [-0.25, -0.2) is 0 Å². The molecule has 28 heavy (non-hydrogen) atoms. The lowest BCUT2D eigenvalue weighted by atomic mass is 9.96. The Kier molecular flexibility index (Phi) is 4.24. The lowest BCUT2D eigenvalue weighted by Gasteiger charge is -2.32. The predicted octanol–water partition coefficient (Wildman–Crippen LogP) is 5.45. The van der Waals surface area contributed by atoms with Gasteiger partial charge < -0.3 is 9.30 Å². The summed E-state index contributed by atoms with van der Waals surface area (Å²) < 4.78 is 7.97. The maximum atomic E-state index is 5.33. The molecule has 3 heterocycles. The molecule has 0 spiro atoms. The summed E-state index contributed by atoms with van der Waals surface area (Å²) in [6.45, 7) is 5.59. The van der Waals surface area contributed by atoms with Crippen molar-refractivity contribution in [2.45, 2.75) is 57.7 Å². The van der Waals surface area contributed by atoms with Crippen LogP contribution in [0.4, 0.5) is 0 Å². The van der Waals surface area contributed by atoms with Crippen molar-refractivity contribution >= 4 is 10.9 Å². The molecule has 0 amide bonds. The van der Waals surface area contributed by atoms with E-state index in [0.717, 1.165) is 12.3 Å². The summed E-state index contributed by atoms with van der Waals surface area (Å²) in [6, 6.07) is 16.9. The highest BCUT2D eigenvalue weighted by molar-refractivity contribution is 5.87. The molecule has 146 valence electrons. The first-order valence-electron chi connectivity index (χ1n) is 10.5. The van der Waals surface area contributed by atoms with E-state index in [1.165, 1.54) is 41.3 Å². The number of aromatic nitrogens is 1. The van der Waals surface area contributed by atoms with Crippen molar-refractivity contribution in [1.29, 1.82) is 0 Å². The van der Waals surface area contributed by atoms with Gasteiger partial charge in [0.2, 0.25) is 0 Å². The number of nitrogens with zero attached hydrogens (tertiary/aromatic N) is 2. The number of benzene rings is 2. The van der Waals surface area contributed by atoms with Crippen LogP contribution in [0, 0.1) is 6.92 Å². The normalized spacial score (nSPS) is 22.4. The van der Waals surface area contributed by atoms with Crippen LogP contribution in [0.1, 0.15) is 54.1 Å². The fraction of sp³-hybridized carbons (Fsp3) is 0.440. The number of hydrogen-bond donors (Lipinski definition) is 0. The maximum Gasteiger partial charge on any atom is 0.118 e. The minimum absolute atomic E-state index is 0.462. The van der Waals surface area contributed by atoms with Crippen LogP contribution in [0.3, 0.4) is 0 Å². The summed E-state index contributed by atoms with van der Waals surface area (Å²) in [6.07, 6.45) is 3.82. The Morgan fingerprint density at radius 2 is 1.89 bits per heavy atom. The summed E-state index contributed by atoms with van der Waals surface area (Å²) in [5, 5.41) is 1.48. The van der Waals surface area contributed by atoms with Crippen LogP contribution in [-0.2, 0) is 13.0 Å². The van der Waals surface area contributed by atoms with Gasteiger partial charge in [-0.05, 0) is 68.1 Å². The first-order valence-corrected chi connectivity index (χ1v) is 10.5. The van der Waals surface area contributed by atoms with E-state index < -0.39 is 0 Å². The van der Waals surface area contributed by atoms with E-state index in [2.05, 4.69) is 72.8 Å². The first kappa shape index (κ1) is 17.8. The van der Waals surface area contributed by atoms with E-state index in [-0.39, 0.29) is 0 Å². The van der Waals surface area contributed by atoms with Crippen LogP contribution in [0.5, 0.6) is 5.75 Å². The summed E-state index contributed by atoms with van der Waals surface area (Å²) in [5.41, 5.74) is 7.35. The Labute approximate surface area is 167 Å². The van der Waals surface area contributed by atoms with Crippen molar-refractivity contribution in [1.82, 2.24) is 9.47 Å². The molecule has 3 aromatic rings. The molecule has 0 N–H and O–H groups in total. The molecule has 0 saturated carbocycles. The molecule has 1 saturated heterocycles. The predicted molar refractivity (Wildman–Crippen MR) is 115 cm³/mol. The summed E-state index contributed by atoms with van der Waals surface area (Å²) in [5.74, 6) is 1.39. The molecule has 1 fully saturated rings. The average Bonchev–Trinajstić information content (AvgIpc) is 3.11. The van der Waals surface area contributed by atoms with Gasteiger partial charge in [0.15, 0.2) is 0 Å². The number of hydrogen-bond acceptors (Lipinski definition) is 2. The Hall–Kier alpha value is -2.26. The third-order valence-electron chi connectivity index (χ3n) is 7.11. The summed E-state index contributed by atoms with van der Waals surface area (Å²) >= 11 is 0. The average molecular weight is 375 g/mol. The number of fused-ring (bicyclic) bond motifs is 6. The molecular formula is C25H30N2O. The molecule has 2 bridgehead atoms. The quantitative estimate of drug-likeness (QED) is 0.604. The van der Waals surface area contributed by atoms with Crippen LogP contribution in [-0.4, -0.2) is 29.7 Å². The molecule has 1 aromatic heterocycles. The van der Waals surface area contributed by atoms with E-state index in [1.54, 1.807) is 18.4 Å². The van der Waals surface area contributed by atoms with Crippen LogP contribution < -0.4 is 4.74 Å². The number of methoxy groups -OCH3 is 1. The molecule has 2 aromatic carbocycles. The minimum atomic E-state index is 0.462. The molecule has 0 aliphatic carbocycles. The van der Waals surface area contributed by atoms with Crippen LogP contribution >= 0.6 is 0 Å². The lowest BCUT2D eigenvalue weighted by molar-refractivity contribution is 0.221. The van der Waals surface area contributed by atoms with Gasteiger partial charge in [-0.3, -0.25) is 4.90 Å². The largest absolute Gasteiger partial charge is 0.497 e. The van der Waals surface area contributed by atoms with Gasteiger partial charge in [-0.2, -0.15) is 0 Å². The van der Waals surface area contributed by atoms with E-state index >= 15 is 0 Å². The first-order chi connectivity index (χ1) is 13.6. The lowest BCUT2D eigenvalue weighted by Crippen LogP contribution is -2.34. The van der Waals surface area contributed by atoms with Crippen molar-refractivity contribution in [3.05, 3.63) is 64.8 Å². The van der Waals surface area contributed by atoms with E-state index in [9.17, 15) is 0 Å². The SMILES string of the molecule is COc1ccc(C(C)Cn2c3c(c4cc(C)ccc42)C2CCC(C3)N2C)cc1. The molecular weight excluding hydrogens is 344 g/mol. The van der Waals surface area contributed by atoms with Gasteiger partial charge in [0.25, 0.3) is 0 Å². The van der Waals surface area contributed by atoms with Crippen LogP contribution in [0.15, 0.2) is 42.5 Å². The standard InChI is InChI=1S/C25H30N2O/c1-16-5-11-22-21(13-16)25-23-12-8-19(26(23)3)14-24(25)27(22)15-17(2)18-6-9-20(28-4)10-7-18/h5-7,9-11,13,17,19,23H,8,12,14-15H2,1-4H3. The van der Waals surface area contributed by atoms with Gasteiger partial charge in [-0.1, -0.05) is 30.7 Å². The monoisotopic (exact) mass is 374 g/mol. The second-order valence-electron chi connectivity index (χ2n) is 8.78. The highest BCUT2D eigenvalue weighted by Crippen LogP contribution is 2.47. The van der Waals surface area contributed by atoms with Gasteiger partial charge in [0.05, 0.1) is 7.11 Å². The fourth-order valence-electron chi connectivity index (χ4n) is 5.49. The van der Waals surface area contributed by atoms with Gasteiger partial charge in [-0.15, -0.1) is 0 Å².